The molecule has 1 N–H and O–H groups in total. The number of hydrogen-bond donors (Lipinski definition) is 1. The van der Waals surface area contributed by atoms with Crippen molar-refractivity contribution in [2.45, 2.75) is 57.4 Å². The quantitative estimate of drug-likeness (QED) is 0.842. The van der Waals surface area contributed by atoms with Gasteiger partial charge in [-0.05, 0) is 36.8 Å². The number of amides is 1. The third-order valence-corrected chi connectivity index (χ3v) is 5.04. The summed E-state index contributed by atoms with van der Waals surface area (Å²) >= 11 is 0. The lowest BCUT2D eigenvalue weighted by molar-refractivity contribution is -0.129. The van der Waals surface area contributed by atoms with Gasteiger partial charge < -0.3 is 5.32 Å². The molecule has 110 valence electrons. The Kier molecular flexibility index (Phi) is 3.96. The van der Waals surface area contributed by atoms with Crippen molar-refractivity contribution in [3.05, 3.63) is 35.4 Å². The minimum atomic E-state index is -0.798. The highest BCUT2D eigenvalue weighted by Gasteiger charge is 2.40. The molecule has 0 heterocycles. The van der Waals surface area contributed by atoms with Crippen LogP contribution in [0.15, 0.2) is 24.3 Å². The molecule has 1 fully saturated rings. The fourth-order valence-electron chi connectivity index (χ4n) is 3.73. The summed E-state index contributed by atoms with van der Waals surface area (Å²) in [5, 5.41) is 12.8. The van der Waals surface area contributed by atoms with E-state index in [4.69, 9.17) is 0 Å². The predicted octanol–water partition coefficient (Wildman–Crippen LogP) is 3.65. The van der Waals surface area contributed by atoms with Gasteiger partial charge in [-0.1, -0.05) is 49.9 Å². The lowest BCUT2D eigenvalue weighted by atomic mass is 9.80. The average molecular weight is 282 g/mol. The molecule has 3 rings (SSSR count). The third-order valence-electron chi connectivity index (χ3n) is 5.04. The summed E-state index contributed by atoms with van der Waals surface area (Å²) in [6.45, 7) is 0. The Labute approximate surface area is 126 Å². The van der Waals surface area contributed by atoms with E-state index in [1.165, 1.54) is 11.1 Å². The van der Waals surface area contributed by atoms with Gasteiger partial charge in [-0.3, -0.25) is 4.79 Å². The van der Waals surface area contributed by atoms with Crippen LogP contribution in [0.4, 0.5) is 0 Å². The van der Waals surface area contributed by atoms with Gasteiger partial charge in [0, 0.05) is 0 Å². The van der Waals surface area contributed by atoms with E-state index >= 15 is 0 Å². The van der Waals surface area contributed by atoms with Gasteiger partial charge in [0.15, 0.2) is 0 Å². The first-order valence-corrected chi connectivity index (χ1v) is 8.05. The fourth-order valence-corrected chi connectivity index (χ4v) is 3.73. The summed E-state index contributed by atoms with van der Waals surface area (Å²) in [5.74, 6) is -0.0476. The van der Waals surface area contributed by atoms with Crippen LogP contribution in [0.5, 0.6) is 0 Å². The van der Waals surface area contributed by atoms with Crippen LogP contribution in [-0.4, -0.2) is 5.91 Å². The van der Waals surface area contributed by atoms with Gasteiger partial charge in [0.1, 0.15) is 5.41 Å². The van der Waals surface area contributed by atoms with Gasteiger partial charge in [-0.15, -0.1) is 0 Å². The molecular weight excluding hydrogens is 260 g/mol. The van der Waals surface area contributed by atoms with Crippen LogP contribution in [0.3, 0.4) is 0 Å². The molecule has 2 aliphatic rings. The van der Waals surface area contributed by atoms with Gasteiger partial charge in [0.2, 0.25) is 5.91 Å². The summed E-state index contributed by atoms with van der Waals surface area (Å²) in [6, 6.07) is 10.7. The largest absolute Gasteiger partial charge is 0.348 e. The number of nitriles is 1. The summed E-state index contributed by atoms with van der Waals surface area (Å²) in [5.41, 5.74) is 1.76. The van der Waals surface area contributed by atoms with Gasteiger partial charge in [0.25, 0.3) is 0 Å². The Morgan fingerprint density at radius 1 is 1.19 bits per heavy atom. The highest BCUT2D eigenvalue weighted by molar-refractivity contribution is 5.86. The van der Waals surface area contributed by atoms with Crippen LogP contribution in [0.2, 0.25) is 0 Å². The lowest BCUT2D eigenvalue weighted by Crippen LogP contribution is -2.41. The van der Waals surface area contributed by atoms with Crippen molar-refractivity contribution in [1.82, 2.24) is 5.32 Å². The number of carbonyl (C=O) groups is 1. The van der Waals surface area contributed by atoms with Crippen LogP contribution >= 0.6 is 0 Å². The van der Waals surface area contributed by atoms with Gasteiger partial charge in [-0.25, -0.2) is 0 Å². The van der Waals surface area contributed by atoms with Crippen LogP contribution in [-0.2, 0) is 11.2 Å². The molecule has 1 aromatic rings. The van der Waals surface area contributed by atoms with Crippen molar-refractivity contribution < 1.29 is 4.79 Å². The molecule has 0 bridgehead atoms. The first kappa shape index (κ1) is 14.1. The Morgan fingerprint density at radius 2 is 1.90 bits per heavy atom. The second-order valence-electron chi connectivity index (χ2n) is 6.37. The van der Waals surface area contributed by atoms with Crippen LogP contribution in [0.25, 0.3) is 0 Å². The number of hydrogen-bond acceptors (Lipinski definition) is 2. The number of rotatable bonds is 2. The molecule has 0 radical (unpaired) electrons. The van der Waals surface area contributed by atoms with Crippen LogP contribution in [0.1, 0.15) is 62.1 Å². The number of fused-ring (bicyclic) bond motifs is 1. The SMILES string of the molecule is N#CC1(C(=O)NC2CCc3ccccc32)CCCCCC1. The van der Waals surface area contributed by atoms with Gasteiger partial charge in [0.05, 0.1) is 12.1 Å². The second kappa shape index (κ2) is 5.89. The molecule has 1 aromatic carbocycles. The topological polar surface area (TPSA) is 52.9 Å². The second-order valence-corrected chi connectivity index (χ2v) is 6.37. The summed E-state index contributed by atoms with van der Waals surface area (Å²) in [4.78, 5) is 12.7. The van der Waals surface area contributed by atoms with Crippen molar-refractivity contribution in [2.75, 3.05) is 0 Å². The molecule has 3 heteroatoms. The highest BCUT2D eigenvalue weighted by Crippen LogP contribution is 2.37. The van der Waals surface area contributed by atoms with E-state index in [-0.39, 0.29) is 11.9 Å². The predicted molar refractivity (Wildman–Crippen MR) is 81.4 cm³/mol. The molecule has 0 aliphatic heterocycles. The number of nitrogens with one attached hydrogen (secondary N) is 1. The molecule has 1 amide bonds. The molecule has 1 unspecified atom stereocenters. The molecule has 3 nitrogen and oxygen atoms in total. The molecule has 1 saturated carbocycles. The zero-order valence-electron chi connectivity index (χ0n) is 12.4. The van der Waals surface area contributed by atoms with E-state index in [0.717, 1.165) is 38.5 Å². The minimum Gasteiger partial charge on any atom is -0.348 e. The molecule has 2 aliphatic carbocycles. The molecule has 1 atom stereocenters. The first-order valence-electron chi connectivity index (χ1n) is 8.05. The Hall–Kier alpha value is -1.82. The number of benzene rings is 1. The fraction of sp³-hybridized carbons (Fsp3) is 0.556. The first-order chi connectivity index (χ1) is 10.2. The Bertz CT molecular complexity index is 565. The van der Waals surface area contributed by atoms with E-state index in [1.807, 2.05) is 12.1 Å². The zero-order chi connectivity index (χ0) is 14.7. The van der Waals surface area contributed by atoms with Gasteiger partial charge in [-0.2, -0.15) is 5.26 Å². The summed E-state index contributed by atoms with van der Waals surface area (Å²) in [7, 11) is 0. The monoisotopic (exact) mass is 282 g/mol. The Morgan fingerprint density at radius 3 is 2.62 bits per heavy atom. The van der Waals surface area contributed by atoms with E-state index < -0.39 is 5.41 Å². The van der Waals surface area contributed by atoms with E-state index in [9.17, 15) is 10.1 Å². The number of carbonyl (C=O) groups excluding carboxylic acids is 1. The molecular formula is C18H22N2O. The summed E-state index contributed by atoms with van der Waals surface area (Å²) in [6.07, 6.45) is 7.65. The van der Waals surface area contributed by atoms with Crippen molar-refractivity contribution in [2.24, 2.45) is 5.41 Å². The van der Waals surface area contributed by atoms with E-state index in [2.05, 4.69) is 23.5 Å². The zero-order valence-corrected chi connectivity index (χ0v) is 12.4. The van der Waals surface area contributed by atoms with Crippen molar-refractivity contribution in [3.63, 3.8) is 0 Å². The van der Waals surface area contributed by atoms with E-state index in [0.29, 0.717) is 12.8 Å². The average Bonchev–Trinajstić information content (AvgIpc) is 2.76. The van der Waals surface area contributed by atoms with Gasteiger partial charge >= 0.3 is 0 Å². The standard InChI is InChI=1S/C18H22N2O/c19-13-18(11-5-1-2-6-12-18)17(21)20-16-10-9-14-7-3-4-8-15(14)16/h3-4,7-8,16H,1-2,5-6,9-12H2,(H,20,21). The molecule has 0 saturated heterocycles. The van der Waals surface area contributed by atoms with Crippen molar-refractivity contribution >= 4 is 5.91 Å². The van der Waals surface area contributed by atoms with Crippen LogP contribution in [0, 0.1) is 16.7 Å². The number of nitrogens with zero attached hydrogens (tertiary/aromatic N) is 1. The smallest absolute Gasteiger partial charge is 0.240 e. The number of aryl methyl sites for hydroxylation is 1. The maximum atomic E-state index is 12.7. The van der Waals surface area contributed by atoms with Crippen LogP contribution < -0.4 is 5.32 Å². The lowest BCUT2D eigenvalue weighted by Gasteiger charge is -2.26. The van der Waals surface area contributed by atoms with E-state index in [1.54, 1.807) is 0 Å². The van der Waals surface area contributed by atoms with Crippen molar-refractivity contribution in [1.29, 1.82) is 5.26 Å². The normalized spacial score (nSPS) is 23.7. The summed E-state index contributed by atoms with van der Waals surface area (Å²) < 4.78 is 0. The molecule has 0 spiro atoms. The Balaban J connectivity index is 1.76. The maximum Gasteiger partial charge on any atom is 0.240 e. The molecule has 21 heavy (non-hydrogen) atoms. The molecule has 0 aromatic heterocycles. The maximum absolute atomic E-state index is 12.7. The van der Waals surface area contributed by atoms with Crippen molar-refractivity contribution in [3.8, 4) is 6.07 Å². The highest BCUT2D eigenvalue weighted by atomic mass is 16.2. The third kappa shape index (κ3) is 2.68. The minimum absolute atomic E-state index is 0.0476.